The quantitative estimate of drug-likeness (QED) is 0.369. The number of nitrogens with zero attached hydrogens (tertiary/aromatic N) is 2. The van der Waals surface area contributed by atoms with Gasteiger partial charge in [-0.3, -0.25) is 9.59 Å². The zero-order chi connectivity index (χ0) is 24.1. The second kappa shape index (κ2) is 10.3. The van der Waals surface area contributed by atoms with Crippen LogP contribution in [0.2, 0.25) is 0 Å². The summed E-state index contributed by atoms with van der Waals surface area (Å²) in [6.07, 6.45) is 1.37. The van der Waals surface area contributed by atoms with Crippen molar-refractivity contribution in [2.24, 2.45) is 0 Å². The Balaban J connectivity index is 1.42. The molecule has 2 amide bonds. The van der Waals surface area contributed by atoms with Crippen molar-refractivity contribution in [2.45, 2.75) is 40.2 Å². The first kappa shape index (κ1) is 23.2. The molecule has 0 aliphatic heterocycles. The van der Waals surface area contributed by atoms with E-state index in [1.807, 2.05) is 92.1 Å². The van der Waals surface area contributed by atoms with Crippen LogP contribution in [0.3, 0.4) is 0 Å². The second-order valence-electron chi connectivity index (χ2n) is 8.69. The minimum atomic E-state index is -0.0919. The molecule has 4 aromatic rings. The van der Waals surface area contributed by atoms with Crippen LogP contribution in [0.25, 0.3) is 11.0 Å². The number of hydrogen-bond acceptors (Lipinski definition) is 3. The molecule has 174 valence electrons. The molecule has 1 aromatic heterocycles. The van der Waals surface area contributed by atoms with Gasteiger partial charge in [0.1, 0.15) is 12.4 Å². The summed E-state index contributed by atoms with van der Waals surface area (Å²) in [5.41, 5.74) is 6.52. The zero-order valence-corrected chi connectivity index (χ0v) is 19.9. The molecule has 0 atom stereocenters. The Morgan fingerprint density at radius 3 is 2.44 bits per heavy atom. The highest BCUT2D eigenvalue weighted by atomic mass is 16.2. The summed E-state index contributed by atoms with van der Waals surface area (Å²) < 4.78 is 1.97. The number of aromatic nitrogens is 2. The predicted octanol–water partition coefficient (Wildman–Crippen LogP) is 4.96. The standard InChI is InChI=1S/C28H30N4O2/c1-19-11-14-22(15-12-19)28(34)29-16-6-9-26-30-23-7-4-5-8-25(23)32(26)18-27(33)31-24-17-20(2)10-13-21(24)3/h4-5,7-8,10-15,17H,6,9,16,18H2,1-3H3,(H,29,34)(H,31,33). The highest BCUT2D eigenvalue weighted by Gasteiger charge is 2.14. The lowest BCUT2D eigenvalue weighted by Crippen LogP contribution is -2.25. The van der Waals surface area contributed by atoms with E-state index in [4.69, 9.17) is 4.98 Å². The van der Waals surface area contributed by atoms with Gasteiger partial charge in [0.15, 0.2) is 0 Å². The minimum absolute atomic E-state index is 0.0820. The number of carbonyl (C=O) groups excluding carboxylic acids is 2. The molecule has 6 heteroatoms. The molecular formula is C28H30N4O2. The number of imidazole rings is 1. The molecule has 3 aromatic carbocycles. The Labute approximate surface area is 200 Å². The molecule has 0 saturated carbocycles. The van der Waals surface area contributed by atoms with Crippen molar-refractivity contribution in [1.82, 2.24) is 14.9 Å². The van der Waals surface area contributed by atoms with E-state index in [0.29, 0.717) is 18.5 Å². The maximum absolute atomic E-state index is 12.9. The minimum Gasteiger partial charge on any atom is -0.352 e. The SMILES string of the molecule is Cc1ccc(C(=O)NCCCc2nc3ccccc3n2CC(=O)Nc2cc(C)ccc2C)cc1. The Morgan fingerprint density at radius 2 is 1.65 bits per heavy atom. The third-order valence-electron chi connectivity index (χ3n) is 5.88. The van der Waals surface area contributed by atoms with E-state index < -0.39 is 0 Å². The van der Waals surface area contributed by atoms with Gasteiger partial charge in [0.2, 0.25) is 5.91 Å². The summed E-state index contributed by atoms with van der Waals surface area (Å²) >= 11 is 0. The number of benzene rings is 3. The summed E-state index contributed by atoms with van der Waals surface area (Å²) in [6, 6.07) is 21.4. The largest absolute Gasteiger partial charge is 0.352 e. The Bertz CT molecular complexity index is 1320. The van der Waals surface area contributed by atoms with Gasteiger partial charge in [-0.15, -0.1) is 0 Å². The van der Waals surface area contributed by atoms with Crippen LogP contribution in [-0.2, 0) is 17.8 Å². The first-order chi connectivity index (χ1) is 16.4. The Morgan fingerprint density at radius 1 is 0.912 bits per heavy atom. The van der Waals surface area contributed by atoms with Crippen molar-refractivity contribution < 1.29 is 9.59 Å². The Kier molecular flexibility index (Phi) is 7.07. The van der Waals surface area contributed by atoms with Crippen LogP contribution in [0.4, 0.5) is 5.69 Å². The zero-order valence-electron chi connectivity index (χ0n) is 19.9. The second-order valence-corrected chi connectivity index (χ2v) is 8.69. The summed E-state index contributed by atoms with van der Waals surface area (Å²) in [5, 5.41) is 6.01. The number of carbonyl (C=O) groups is 2. The normalized spacial score (nSPS) is 10.9. The van der Waals surface area contributed by atoms with Crippen LogP contribution in [0.15, 0.2) is 66.7 Å². The average Bonchev–Trinajstić information content (AvgIpc) is 3.16. The molecular weight excluding hydrogens is 424 g/mol. The van der Waals surface area contributed by atoms with Gasteiger partial charge in [0.25, 0.3) is 5.91 Å². The van der Waals surface area contributed by atoms with Gasteiger partial charge in [0.05, 0.1) is 11.0 Å². The summed E-state index contributed by atoms with van der Waals surface area (Å²) in [6.45, 7) is 6.70. The number of anilines is 1. The van der Waals surface area contributed by atoms with E-state index >= 15 is 0 Å². The molecule has 0 saturated heterocycles. The van der Waals surface area contributed by atoms with Crippen molar-refractivity contribution in [2.75, 3.05) is 11.9 Å². The first-order valence-corrected chi connectivity index (χ1v) is 11.6. The third-order valence-corrected chi connectivity index (χ3v) is 5.88. The molecule has 0 fully saturated rings. The van der Waals surface area contributed by atoms with E-state index in [2.05, 4.69) is 10.6 Å². The van der Waals surface area contributed by atoms with Crippen LogP contribution in [-0.4, -0.2) is 27.9 Å². The molecule has 2 N–H and O–H groups in total. The molecule has 0 bridgehead atoms. The lowest BCUT2D eigenvalue weighted by molar-refractivity contribution is -0.116. The van der Waals surface area contributed by atoms with Gasteiger partial charge in [-0.05, 0) is 68.7 Å². The van der Waals surface area contributed by atoms with E-state index in [1.54, 1.807) is 0 Å². The van der Waals surface area contributed by atoms with Gasteiger partial charge in [0, 0.05) is 24.2 Å². The fraction of sp³-hybridized carbons (Fsp3) is 0.250. The molecule has 0 spiro atoms. The number of fused-ring (bicyclic) bond motifs is 1. The number of hydrogen-bond donors (Lipinski definition) is 2. The molecule has 34 heavy (non-hydrogen) atoms. The van der Waals surface area contributed by atoms with Crippen molar-refractivity contribution in [1.29, 1.82) is 0 Å². The molecule has 6 nitrogen and oxygen atoms in total. The molecule has 1 heterocycles. The molecule has 0 unspecified atom stereocenters. The molecule has 0 aliphatic carbocycles. The van der Waals surface area contributed by atoms with Gasteiger partial charge in [-0.25, -0.2) is 4.98 Å². The van der Waals surface area contributed by atoms with Crippen molar-refractivity contribution in [3.05, 3.63) is 94.8 Å². The van der Waals surface area contributed by atoms with Gasteiger partial charge in [-0.2, -0.15) is 0 Å². The number of amides is 2. The van der Waals surface area contributed by atoms with Crippen molar-refractivity contribution >= 4 is 28.5 Å². The highest BCUT2D eigenvalue weighted by Crippen LogP contribution is 2.19. The number of aryl methyl sites for hydroxylation is 4. The van der Waals surface area contributed by atoms with E-state index in [0.717, 1.165) is 45.7 Å². The summed E-state index contributed by atoms with van der Waals surface area (Å²) in [7, 11) is 0. The highest BCUT2D eigenvalue weighted by molar-refractivity contribution is 5.94. The monoisotopic (exact) mass is 454 g/mol. The topological polar surface area (TPSA) is 76.0 Å². The molecule has 0 aliphatic rings. The Hall–Kier alpha value is -3.93. The lowest BCUT2D eigenvalue weighted by Gasteiger charge is -2.12. The molecule has 4 rings (SSSR count). The summed E-state index contributed by atoms with van der Waals surface area (Å²) in [4.78, 5) is 30.0. The number of nitrogens with one attached hydrogen (secondary N) is 2. The van der Waals surface area contributed by atoms with E-state index in [-0.39, 0.29) is 18.4 Å². The van der Waals surface area contributed by atoms with Crippen LogP contribution in [0.5, 0.6) is 0 Å². The van der Waals surface area contributed by atoms with Crippen LogP contribution < -0.4 is 10.6 Å². The van der Waals surface area contributed by atoms with Crippen LogP contribution >= 0.6 is 0 Å². The van der Waals surface area contributed by atoms with Crippen LogP contribution in [0, 0.1) is 20.8 Å². The fourth-order valence-corrected chi connectivity index (χ4v) is 3.95. The number of para-hydroxylation sites is 2. The summed E-state index contributed by atoms with van der Waals surface area (Å²) in [5.74, 6) is 0.661. The lowest BCUT2D eigenvalue weighted by atomic mass is 10.1. The van der Waals surface area contributed by atoms with Crippen molar-refractivity contribution in [3.63, 3.8) is 0 Å². The fourth-order valence-electron chi connectivity index (χ4n) is 3.95. The first-order valence-electron chi connectivity index (χ1n) is 11.6. The van der Waals surface area contributed by atoms with Crippen molar-refractivity contribution in [3.8, 4) is 0 Å². The van der Waals surface area contributed by atoms with Crippen LogP contribution in [0.1, 0.15) is 39.3 Å². The van der Waals surface area contributed by atoms with Gasteiger partial charge in [-0.1, -0.05) is 42.0 Å². The predicted molar refractivity (Wildman–Crippen MR) is 136 cm³/mol. The van der Waals surface area contributed by atoms with E-state index in [9.17, 15) is 9.59 Å². The third kappa shape index (κ3) is 5.52. The van der Waals surface area contributed by atoms with Gasteiger partial charge < -0.3 is 15.2 Å². The smallest absolute Gasteiger partial charge is 0.251 e. The molecule has 0 radical (unpaired) electrons. The maximum Gasteiger partial charge on any atom is 0.251 e. The van der Waals surface area contributed by atoms with Gasteiger partial charge >= 0.3 is 0 Å². The van der Waals surface area contributed by atoms with E-state index in [1.165, 1.54) is 0 Å². The average molecular weight is 455 g/mol. The maximum atomic E-state index is 12.9. The number of rotatable bonds is 8.